The molecule has 0 heterocycles. The van der Waals surface area contributed by atoms with Gasteiger partial charge in [0.05, 0.1) is 17.7 Å². The number of nitrogens with one attached hydrogen (secondary N) is 1. The third kappa shape index (κ3) is 6.89. The van der Waals surface area contributed by atoms with Crippen molar-refractivity contribution in [3.8, 4) is 5.75 Å². The molecule has 0 bridgehead atoms. The Hall–Kier alpha value is -3.85. The number of ether oxygens (including phenoxy) is 1. The zero-order valence-corrected chi connectivity index (χ0v) is 22.1. The average Bonchev–Trinajstić information content (AvgIpc) is 2.93. The molecule has 1 N–H and O–H groups in total. The van der Waals surface area contributed by atoms with Crippen molar-refractivity contribution >= 4 is 27.5 Å². The number of para-hydroxylation sites is 1. The van der Waals surface area contributed by atoms with Crippen molar-refractivity contribution in [2.75, 3.05) is 24.5 Å². The van der Waals surface area contributed by atoms with Crippen molar-refractivity contribution in [3.05, 3.63) is 90.5 Å². The van der Waals surface area contributed by atoms with E-state index in [1.54, 1.807) is 67.8 Å². The number of sulfonamides is 1. The average molecular weight is 524 g/mol. The van der Waals surface area contributed by atoms with Crippen LogP contribution in [0.4, 0.5) is 5.69 Å². The molecule has 3 aromatic carbocycles. The van der Waals surface area contributed by atoms with Crippen LogP contribution in [0.5, 0.6) is 5.75 Å². The molecule has 3 aromatic rings. The van der Waals surface area contributed by atoms with E-state index in [-0.39, 0.29) is 17.3 Å². The lowest BCUT2D eigenvalue weighted by molar-refractivity contribution is -0.140. The number of amides is 2. The molecular weight excluding hydrogens is 490 g/mol. The second-order valence-electron chi connectivity index (χ2n) is 8.35. The predicted molar refractivity (Wildman–Crippen MR) is 144 cm³/mol. The fourth-order valence-corrected chi connectivity index (χ4v) is 5.42. The van der Waals surface area contributed by atoms with Crippen LogP contribution in [0.15, 0.2) is 89.8 Å². The summed E-state index contributed by atoms with van der Waals surface area (Å²) in [4.78, 5) is 28.3. The molecule has 0 fully saturated rings. The van der Waals surface area contributed by atoms with Gasteiger partial charge in [0, 0.05) is 13.1 Å². The van der Waals surface area contributed by atoms with Gasteiger partial charge in [0.1, 0.15) is 18.3 Å². The SMILES string of the molecule is CCNC(=O)[C@H](CC)N(Cc1ccc(OC)cc1)C(=O)CN(c1ccccc1)S(=O)(=O)c1ccccc1. The summed E-state index contributed by atoms with van der Waals surface area (Å²) in [5, 5.41) is 2.79. The number of nitrogens with zero attached hydrogens (tertiary/aromatic N) is 2. The van der Waals surface area contributed by atoms with Crippen molar-refractivity contribution in [3.63, 3.8) is 0 Å². The number of rotatable bonds is 12. The first-order chi connectivity index (χ1) is 17.8. The van der Waals surface area contributed by atoms with Crippen LogP contribution in [0.2, 0.25) is 0 Å². The van der Waals surface area contributed by atoms with Gasteiger partial charge in [0.2, 0.25) is 11.8 Å². The monoisotopic (exact) mass is 523 g/mol. The molecule has 8 nitrogen and oxygen atoms in total. The first-order valence-corrected chi connectivity index (χ1v) is 13.6. The van der Waals surface area contributed by atoms with Crippen LogP contribution in [0.25, 0.3) is 0 Å². The first kappa shape index (κ1) is 27.7. The number of methoxy groups -OCH3 is 1. The minimum Gasteiger partial charge on any atom is -0.497 e. The third-order valence-corrected chi connectivity index (χ3v) is 7.69. The van der Waals surface area contributed by atoms with Gasteiger partial charge in [-0.3, -0.25) is 13.9 Å². The van der Waals surface area contributed by atoms with Gasteiger partial charge >= 0.3 is 0 Å². The molecule has 0 aliphatic carbocycles. The lowest BCUT2D eigenvalue weighted by Gasteiger charge is -2.33. The number of hydrogen-bond donors (Lipinski definition) is 1. The van der Waals surface area contributed by atoms with E-state index in [0.717, 1.165) is 9.87 Å². The van der Waals surface area contributed by atoms with Gasteiger partial charge in [-0.2, -0.15) is 0 Å². The molecule has 37 heavy (non-hydrogen) atoms. The van der Waals surface area contributed by atoms with Crippen LogP contribution >= 0.6 is 0 Å². The molecule has 1 atom stereocenters. The molecule has 0 radical (unpaired) electrons. The number of carbonyl (C=O) groups excluding carboxylic acids is 2. The molecule has 0 aliphatic rings. The Bertz CT molecular complexity index is 1270. The summed E-state index contributed by atoms with van der Waals surface area (Å²) in [6.45, 7) is 3.71. The van der Waals surface area contributed by atoms with E-state index in [0.29, 0.717) is 24.4 Å². The minimum absolute atomic E-state index is 0.0733. The molecule has 0 spiro atoms. The lowest BCUT2D eigenvalue weighted by Crippen LogP contribution is -2.52. The van der Waals surface area contributed by atoms with Crippen LogP contribution < -0.4 is 14.4 Å². The molecule has 196 valence electrons. The van der Waals surface area contributed by atoms with Gasteiger partial charge < -0.3 is 15.0 Å². The van der Waals surface area contributed by atoms with E-state index < -0.39 is 28.5 Å². The van der Waals surface area contributed by atoms with Gasteiger partial charge in [-0.1, -0.05) is 55.5 Å². The van der Waals surface area contributed by atoms with Crippen molar-refractivity contribution in [2.24, 2.45) is 0 Å². The highest BCUT2D eigenvalue weighted by Crippen LogP contribution is 2.24. The molecule has 0 saturated heterocycles. The Morgan fingerprint density at radius 2 is 1.49 bits per heavy atom. The summed E-state index contributed by atoms with van der Waals surface area (Å²) in [6.07, 6.45) is 0.366. The summed E-state index contributed by atoms with van der Waals surface area (Å²) >= 11 is 0. The quantitative estimate of drug-likeness (QED) is 0.389. The third-order valence-electron chi connectivity index (χ3n) is 5.90. The number of likely N-dealkylation sites (N-methyl/N-ethyl adjacent to an activating group) is 1. The molecule has 3 rings (SSSR count). The van der Waals surface area contributed by atoms with E-state index in [1.807, 2.05) is 26.0 Å². The van der Waals surface area contributed by atoms with Crippen molar-refractivity contribution in [1.29, 1.82) is 0 Å². The maximum atomic E-state index is 13.9. The Morgan fingerprint density at radius 3 is 2.03 bits per heavy atom. The van der Waals surface area contributed by atoms with Crippen LogP contribution in [0.1, 0.15) is 25.8 Å². The zero-order valence-electron chi connectivity index (χ0n) is 21.3. The van der Waals surface area contributed by atoms with Gasteiger partial charge in [0.15, 0.2) is 0 Å². The second-order valence-corrected chi connectivity index (χ2v) is 10.2. The topological polar surface area (TPSA) is 96.0 Å². The minimum atomic E-state index is -4.06. The van der Waals surface area contributed by atoms with Gasteiger partial charge in [-0.15, -0.1) is 0 Å². The van der Waals surface area contributed by atoms with E-state index in [2.05, 4.69) is 5.32 Å². The largest absolute Gasteiger partial charge is 0.497 e. The number of carbonyl (C=O) groups is 2. The molecular formula is C28H33N3O5S. The fourth-order valence-electron chi connectivity index (χ4n) is 3.98. The molecule has 0 aromatic heterocycles. The summed E-state index contributed by atoms with van der Waals surface area (Å²) in [7, 11) is -2.49. The van der Waals surface area contributed by atoms with Gasteiger partial charge in [-0.25, -0.2) is 8.42 Å². The molecule has 2 amide bonds. The van der Waals surface area contributed by atoms with E-state index in [9.17, 15) is 18.0 Å². The van der Waals surface area contributed by atoms with Crippen LogP contribution in [-0.2, 0) is 26.2 Å². The standard InChI is InChI=1S/C28H33N3O5S/c1-4-26(28(33)29-5-2)30(20-22-16-18-24(36-3)19-17-22)27(32)21-31(23-12-8-6-9-13-23)37(34,35)25-14-10-7-11-15-25/h6-19,26H,4-5,20-21H2,1-3H3,(H,29,33)/t26-/m0/s1. The summed E-state index contributed by atoms with van der Waals surface area (Å²) in [6, 6.07) is 22.9. The van der Waals surface area contributed by atoms with Gasteiger partial charge in [0.25, 0.3) is 10.0 Å². The zero-order chi connectivity index (χ0) is 26.8. The van der Waals surface area contributed by atoms with E-state index >= 15 is 0 Å². The summed E-state index contributed by atoms with van der Waals surface area (Å²) < 4.78 is 33.6. The maximum Gasteiger partial charge on any atom is 0.264 e. The van der Waals surface area contributed by atoms with Crippen LogP contribution in [0, 0.1) is 0 Å². The number of anilines is 1. The van der Waals surface area contributed by atoms with Crippen molar-refractivity contribution in [2.45, 2.75) is 37.8 Å². The highest BCUT2D eigenvalue weighted by atomic mass is 32.2. The Kier molecular flexibility index (Phi) is 9.68. The Balaban J connectivity index is 2.01. The predicted octanol–water partition coefficient (Wildman–Crippen LogP) is 3.83. The van der Waals surface area contributed by atoms with E-state index in [1.165, 1.54) is 17.0 Å². The van der Waals surface area contributed by atoms with Crippen molar-refractivity contribution in [1.82, 2.24) is 10.2 Å². The van der Waals surface area contributed by atoms with Crippen LogP contribution in [0.3, 0.4) is 0 Å². The number of hydrogen-bond acceptors (Lipinski definition) is 5. The van der Waals surface area contributed by atoms with Crippen molar-refractivity contribution < 1.29 is 22.7 Å². The fraction of sp³-hybridized carbons (Fsp3) is 0.286. The molecule has 0 unspecified atom stereocenters. The highest BCUT2D eigenvalue weighted by molar-refractivity contribution is 7.92. The molecule has 0 saturated carbocycles. The van der Waals surface area contributed by atoms with E-state index in [4.69, 9.17) is 4.74 Å². The maximum absolute atomic E-state index is 13.9. The van der Waals surface area contributed by atoms with Crippen LogP contribution in [-0.4, -0.2) is 51.4 Å². The smallest absolute Gasteiger partial charge is 0.264 e. The Morgan fingerprint density at radius 1 is 0.892 bits per heavy atom. The Labute approximate surface area is 218 Å². The molecule has 9 heteroatoms. The summed E-state index contributed by atoms with van der Waals surface area (Å²) in [5.74, 6) is -0.108. The first-order valence-electron chi connectivity index (χ1n) is 12.1. The lowest BCUT2D eigenvalue weighted by atomic mass is 10.1. The highest BCUT2D eigenvalue weighted by Gasteiger charge is 2.33. The molecule has 0 aliphatic heterocycles. The van der Waals surface area contributed by atoms with Gasteiger partial charge in [-0.05, 0) is 55.3 Å². The second kappa shape index (κ2) is 12.9. The summed E-state index contributed by atoms with van der Waals surface area (Å²) in [5.41, 5.74) is 1.14. The number of benzene rings is 3. The normalized spacial score (nSPS) is 11.9.